The third-order valence-electron chi connectivity index (χ3n) is 6.67. The SMILES string of the molecule is CN1CCC[C@@]2(C)c3cc(O)ccc3C[C@@H]1[C@@H]2NCCc1ccc(F)cc1. The van der Waals surface area contributed by atoms with Crippen LogP contribution in [0.2, 0.25) is 0 Å². The van der Waals surface area contributed by atoms with E-state index >= 15 is 0 Å². The molecular formula is C23H29FN2O. The van der Waals surface area contributed by atoms with Crippen LogP contribution in [0.4, 0.5) is 4.39 Å². The largest absolute Gasteiger partial charge is 0.508 e. The number of nitrogens with one attached hydrogen (secondary N) is 1. The minimum Gasteiger partial charge on any atom is -0.508 e. The monoisotopic (exact) mass is 368 g/mol. The molecule has 1 heterocycles. The molecule has 0 unspecified atom stereocenters. The van der Waals surface area contributed by atoms with Crippen LogP contribution in [0.3, 0.4) is 0 Å². The smallest absolute Gasteiger partial charge is 0.123 e. The molecule has 1 aliphatic heterocycles. The number of nitrogens with zero attached hydrogens (tertiary/aromatic N) is 1. The summed E-state index contributed by atoms with van der Waals surface area (Å²) < 4.78 is 13.1. The van der Waals surface area contributed by atoms with Crippen LogP contribution in [0.25, 0.3) is 0 Å². The molecule has 0 amide bonds. The Bertz CT molecular complexity index is 807. The van der Waals surface area contributed by atoms with Crippen molar-refractivity contribution in [3.05, 3.63) is 65.0 Å². The van der Waals surface area contributed by atoms with Gasteiger partial charge < -0.3 is 15.3 Å². The molecule has 3 nitrogen and oxygen atoms in total. The number of aromatic hydroxyl groups is 1. The lowest BCUT2D eigenvalue weighted by Crippen LogP contribution is -2.60. The molecule has 3 atom stereocenters. The van der Waals surface area contributed by atoms with E-state index in [1.54, 1.807) is 0 Å². The summed E-state index contributed by atoms with van der Waals surface area (Å²) >= 11 is 0. The van der Waals surface area contributed by atoms with Crippen LogP contribution < -0.4 is 5.32 Å². The zero-order chi connectivity index (χ0) is 19.0. The Morgan fingerprint density at radius 3 is 2.78 bits per heavy atom. The van der Waals surface area contributed by atoms with Crippen molar-refractivity contribution in [1.82, 2.24) is 10.2 Å². The van der Waals surface area contributed by atoms with E-state index in [-0.39, 0.29) is 11.2 Å². The standard InChI is InChI=1S/C23H29FN2O/c1-23-11-3-13-26(2)21(14-17-6-9-19(27)15-20(17)23)22(23)25-12-10-16-4-7-18(24)8-5-16/h4-9,15,21-22,25,27H,3,10-14H2,1-2H3/t21-,22+,23+/m1/s1. The van der Waals surface area contributed by atoms with Crippen molar-refractivity contribution in [1.29, 1.82) is 0 Å². The van der Waals surface area contributed by atoms with Gasteiger partial charge in [0, 0.05) is 17.5 Å². The van der Waals surface area contributed by atoms with Gasteiger partial charge in [-0.1, -0.05) is 25.1 Å². The Morgan fingerprint density at radius 1 is 1.22 bits per heavy atom. The predicted octanol–water partition coefficient (Wildman–Crippen LogP) is 3.64. The van der Waals surface area contributed by atoms with Crippen molar-refractivity contribution in [2.75, 3.05) is 20.1 Å². The number of fused-ring (bicyclic) bond motifs is 4. The molecule has 2 aromatic rings. The lowest BCUT2D eigenvalue weighted by Gasteiger charge is -2.48. The molecule has 2 aromatic carbocycles. The van der Waals surface area contributed by atoms with Crippen LogP contribution in [-0.4, -0.2) is 42.2 Å². The molecule has 0 saturated carbocycles. The van der Waals surface area contributed by atoms with Crippen molar-refractivity contribution in [3.8, 4) is 5.75 Å². The summed E-state index contributed by atoms with van der Waals surface area (Å²) in [4.78, 5) is 2.50. The zero-order valence-corrected chi connectivity index (χ0v) is 16.2. The van der Waals surface area contributed by atoms with Crippen LogP contribution in [0.1, 0.15) is 36.5 Å². The third-order valence-corrected chi connectivity index (χ3v) is 6.67. The van der Waals surface area contributed by atoms with E-state index in [2.05, 4.69) is 30.3 Å². The summed E-state index contributed by atoms with van der Waals surface area (Å²) in [5, 5.41) is 13.9. The van der Waals surface area contributed by atoms with Crippen molar-refractivity contribution in [2.24, 2.45) is 0 Å². The Morgan fingerprint density at radius 2 is 2.00 bits per heavy atom. The van der Waals surface area contributed by atoms with Gasteiger partial charge in [0.05, 0.1) is 0 Å². The molecule has 0 aromatic heterocycles. The van der Waals surface area contributed by atoms with Gasteiger partial charge >= 0.3 is 0 Å². The topological polar surface area (TPSA) is 35.5 Å². The lowest BCUT2D eigenvalue weighted by atomic mass is 9.64. The highest BCUT2D eigenvalue weighted by Gasteiger charge is 2.47. The first-order valence-electron chi connectivity index (χ1n) is 9.98. The zero-order valence-electron chi connectivity index (χ0n) is 16.2. The average molecular weight is 368 g/mol. The number of phenols is 1. The normalized spacial score (nSPS) is 27.8. The second kappa shape index (κ2) is 7.25. The van der Waals surface area contributed by atoms with E-state index < -0.39 is 0 Å². The number of likely N-dealkylation sites (tertiary alicyclic amines) is 1. The van der Waals surface area contributed by atoms with Gasteiger partial charge in [0.15, 0.2) is 0 Å². The van der Waals surface area contributed by atoms with Crippen LogP contribution in [0, 0.1) is 5.82 Å². The van der Waals surface area contributed by atoms with Crippen molar-refractivity contribution in [2.45, 2.75) is 50.1 Å². The fourth-order valence-electron chi connectivity index (χ4n) is 5.16. The molecule has 2 aliphatic rings. The first kappa shape index (κ1) is 18.5. The maximum Gasteiger partial charge on any atom is 0.123 e. The summed E-state index contributed by atoms with van der Waals surface area (Å²) in [6, 6.07) is 13.5. The Hall–Kier alpha value is -1.91. The van der Waals surface area contributed by atoms with Crippen LogP contribution in [0.15, 0.2) is 42.5 Å². The van der Waals surface area contributed by atoms with E-state index in [0.29, 0.717) is 17.8 Å². The number of hydrogen-bond acceptors (Lipinski definition) is 3. The summed E-state index contributed by atoms with van der Waals surface area (Å²) in [6.07, 6.45) is 4.17. The highest BCUT2D eigenvalue weighted by atomic mass is 19.1. The van der Waals surface area contributed by atoms with Crippen molar-refractivity contribution >= 4 is 0 Å². The minimum atomic E-state index is -0.185. The first-order chi connectivity index (χ1) is 13.0. The van der Waals surface area contributed by atoms with Crippen LogP contribution >= 0.6 is 0 Å². The summed E-state index contributed by atoms with van der Waals surface area (Å²) in [7, 11) is 2.23. The molecule has 27 heavy (non-hydrogen) atoms. The molecule has 4 rings (SSSR count). The van der Waals surface area contributed by atoms with Gasteiger partial charge in [-0.05, 0) is 86.8 Å². The minimum absolute atomic E-state index is 0.00451. The Balaban J connectivity index is 1.58. The fourth-order valence-corrected chi connectivity index (χ4v) is 5.16. The summed E-state index contributed by atoms with van der Waals surface area (Å²) in [5.41, 5.74) is 3.82. The second-order valence-corrected chi connectivity index (χ2v) is 8.42. The summed E-state index contributed by atoms with van der Waals surface area (Å²) in [5.74, 6) is 0.173. The van der Waals surface area contributed by atoms with Crippen molar-refractivity contribution in [3.63, 3.8) is 0 Å². The molecular weight excluding hydrogens is 339 g/mol. The highest BCUT2D eigenvalue weighted by molar-refractivity contribution is 5.45. The van der Waals surface area contributed by atoms with Gasteiger partial charge in [-0.25, -0.2) is 4.39 Å². The quantitative estimate of drug-likeness (QED) is 0.865. The highest BCUT2D eigenvalue weighted by Crippen LogP contribution is 2.45. The number of rotatable bonds is 4. The van der Waals surface area contributed by atoms with Gasteiger partial charge in [-0.15, -0.1) is 0 Å². The summed E-state index contributed by atoms with van der Waals surface area (Å²) in [6.45, 7) is 4.33. The van der Waals surface area contributed by atoms with Crippen LogP contribution in [-0.2, 0) is 18.3 Å². The number of phenolic OH excluding ortho intramolecular Hbond substituents is 1. The van der Waals surface area contributed by atoms with Gasteiger partial charge in [0.1, 0.15) is 11.6 Å². The maximum atomic E-state index is 13.1. The molecule has 2 N–H and O–H groups in total. The van der Waals surface area contributed by atoms with E-state index in [1.165, 1.54) is 23.3 Å². The second-order valence-electron chi connectivity index (χ2n) is 8.42. The number of halogens is 1. The Labute approximate surface area is 161 Å². The molecule has 144 valence electrons. The van der Waals surface area contributed by atoms with Crippen molar-refractivity contribution < 1.29 is 9.50 Å². The van der Waals surface area contributed by atoms with Gasteiger partial charge in [-0.2, -0.15) is 0 Å². The number of benzene rings is 2. The van der Waals surface area contributed by atoms with E-state index in [4.69, 9.17) is 0 Å². The average Bonchev–Trinajstić information content (AvgIpc) is 2.73. The molecule has 2 bridgehead atoms. The van der Waals surface area contributed by atoms with Gasteiger partial charge in [0.25, 0.3) is 0 Å². The van der Waals surface area contributed by atoms with E-state index in [1.807, 2.05) is 24.3 Å². The molecule has 4 heteroatoms. The van der Waals surface area contributed by atoms with E-state index in [9.17, 15) is 9.50 Å². The first-order valence-corrected chi connectivity index (χ1v) is 9.98. The third kappa shape index (κ3) is 3.48. The lowest BCUT2D eigenvalue weighted by molar-refractivity contribution is 0.157. The molecule has 0 spiro atoms. The van der Waals surface area contributed by atoms with Gasteiger partial charge in [-0.3, -0.25) is 0 Å². The predicted molar refractivity (Wildman–Crippen MR) is 107 cm³/mol. The fraction of sp³-hybridized carbons (Fsp3) is 0.478. The molecule has 1 saturated heterocycles. The molecule has 1 aliphatic carbocycles. The number of hydrogen-bond donors (Lipinski definition) is 2. The Kier molecular flexibility index (Phi) is 4.95. The van der Waals surface area contributed by atoms with E-state index in [0.717, 1.165) is 44.3 Å². The van der Waals surface area contributed by atoms with Crippen LogP contribution in [0.5, 0.6) is 5.75 Å². The molecule has 0 radical (unpaired) electrons. The number of likely N-dealkylation sites (N-methyl/N-ethyl adjacent to an activating group) is 1. The maximum absolute atomic E-state index is 13.1. The molecule has 1 fully saturated rings. The van der Waals surface area contributed by atoms with Gasteiger partial charge in [0.2, 0.25) is 0 Å².